The molecule has 0 radical (unpaired) electrons. The van der Waals surface area contributed by atoms with Crippen molar-refractivity contribution in [2.24, 2.45) is 0 Å². The maximum absolute atomic E-state index is 11.6. The number of carbonyl (C=O) groups is 1. The molecule has 0 aromatic heterocycles. The number of carbonyl (C=O) groups excluding carboxylic acids is 1. The Labute approximate surface area is 80.7 Å². The second-order valence-corrected chi connectivity index (χ2v) is 3.48. The van der Waals surface area contributed by atoms with E-state index in [9.17, 15) is 9.18 Å². The summed E-state index contributed by atoms with van der Waals surface area (Å²) in [5, 5.41) is 3.21. The fraction of sp³-hybridized carbons (Fsp3) is 0.857. The van der Waals surface area contributed by atoms with E-state index >= 15 is 0 Å². The summed E-state index contributed by atoms with van der Waals surface area (Å²) in [6, 6.07) is 0. The summed E-state index contributed by atoms with van der Waals surface area (Å²) in [5.74, 6) is 0.306. The van der Waals surface area contributed by atoms with Gasteiger partial charge in [-0.3, -0.25) is 4.72 Å². The van der Waals surface area contributed by atoms with Gasteiger partial charge in [0.05, 0.1) is 6.10 Å². The smallest absolute Gasteiger partial charge is 0.366 e. The number of piperidine rings is 1. The number of ether oxygens (including phenoxy) is 1. The van der Waals surface area contributed by atoms with E-state index in [1.165, 1.54) is 0 Å². The van der Waals surface area contributed by atoms with Gasteiger partial charge in [-0.2, -0.15) is 0 Å². The van der Waals surface area contributed by atoms with Crippen LogP contribution in [-0.4, -0.2) is 31.3 Å². The monoisotopic (exact) mass is 208 g/mol. The van der Waals surface area contributed by atoms with Crippen LogP contribution in [0.25, 0.3) is 0 Å². The van der Waals surface area contributed by atoms with Gasteiger partial charge in [-0.05, 0) is 37.9 Å². The molecule has 1 fully saturated rings. The van der Waals surface area contributed by atoms with Crippen molar-refractivity contribution >= 4 is 18.1 Å². The molecule has 0 aromatic carbocycles. The molecule has 0 spiro atoms. The Morgan fingerprint density at radius 3 is 2.92 bits per heavy atom. The lowest BCUT2D eigenvalue weighted by Crippen LogP contribution is -2.32. The molecule has 13 heavy (non-hydrogen) atoms. The van der Waals surface area contributed by atoms with Gasteiger partial charge in [0.1, 0.15) is 5.94 Å². The minimum Gasteiger partial charge on any atom is -0.366 e. The Balaban J connectivity index is 1.95. The van der Waals surface area contributed by atoms with Crippen LogP contribution in [0.5, 0.6) is 0 Å². The van der Waals surface area contributed by atoms with Crippen LogP contribution in [-0.2, 0) is 4.74 Å². The highest BCUT2D eigenvalue weighted by Crippen LogP contribution is 2.09. The van der Waals surface area contributed by atoms with Crippen LogP contribution in [0.1, 0.15) is 12.8 Å². The lowest BCUT2D eigenvalue weighted by molar-refractivity contribution is 0.0653. The van der Waals surface area contributed by atoms with Crippen LogP contribution < -0.4 is 10.0 Å². The molecule has 1 aliphatic rings. The molecule has 1 rings (SSSR count). The van der Waals surface area contributed by atoms with Crippen LogP contribution in [0.2, 0.25) is 0 Å². The highest BCUT2D eigenvalue weighted by molar-refractivity contribution is 7.97. The number of amides is 1. The molecular weight excluding hydrogens is 195 g/mol. The lowest BCUT2D eigenvalue weighted by Gasteiger charge is -2.22. The Morgan fingerprint density at radius 2 is 2.31 bits per heavy atom. The van der Waals surface area contributed by atoms with E-state index in [2.05, 4.69) is 5.32 Å². The minimum atomic E-state index is -1.53. The van der Waals surface area contributed by atoms with E-state index in [1.807, 2.05) is 4.72 Å². The second-order valence-electron chi connectivity index (χ2n) is 2.75. The standard InChI is InChI=1S/C7H13FN2O2S/c8-7(11)10-13-5-12-6-1-3-9-4-2-6/h6,9H,1-5H2,(H,10,11). The van der Waals surface area contributed by atoms with Crippen molar-refractivity contribution in [2.45, 2.75) is 18.9 Å². The summed E-state index contributed by atoms with van der Waals surface area (Å²) >= 11 is 0.938. The van der Waals surface area contributed by atoms with Gasteiger partial charge in [-0.25, -0.2) is 4.79 Å². The Hall–Kier alpha value is -0.330. The molecule has 1 amide bonds. The Kier molecular flexibility index (Phi) is 5.10. The molecule has 4 nitrogen and oxygen atoms in total. The first-order chi connectivity index (χ1) is 6.29. The fourth-order valence-electron chi connectivity index (χ4n) is 1.18. The van der Waals surface area contributed by atoms with Crippen molar-refractivity contribution in [3.8, 4) is 0 Å². The molecule has 0 bridgehead atoms. The van der Waals surface area contributed by atoms with Crippen LogP contribution in [0.3, 0.4) is 0 Å². The van der Waals surface area contributed by atoms with Crippen molar-refractivity contribution in [3.05, 3.63) is 0 Å². The quantitative estimate of drug-likeness (QED) is 0.238. The molecule has 0 aromatic rings. The fourth-order valence-corrected chi connectivity index (χ4v) is 1.61. The van der Waals surface area contributed by atoms with Crippen LogP contribution in [0.4, 0.5) is 9.18 Å². The highest BCUT2D eigenvalue weighted by atomic mass is 32.2. The van der Waals surface area contributed by atoms with Gasteiger partial charge >= 0.3 is 6.16 Å². The zero-order valence-corrected chi connectivity index (χ0v) is 8.03. The molecule has 2 N–H and O–H groups in total. The first kappa shape index (κ1) is 10.7. The summed E-state index contributed by atoms with van der Waals surface area (Å²) in [4.78, 5) is 9.83. The van der Waals surface area contributed by atoms with Gasteiger partial charge in [-0.15, -0.1) is 4.39 Å². The van der Waals surface area contributed by atoms with E-state index in [-0.39, 0.29) is 6.10 Å². The summed E-state index contributed by atoms with van der Waals surface area (Å²) in [6.07, 6.45) is 0.665. The SMILES string of the molecule is O=C(F)NSCOC1CCNCC1. The van der Waals surface area contributed by atoms with E-state index < -0.39 is 6.16 Å². The number of hydrogen-bond donors (Lipinski definition) is 2. The molecule has 6 heteroatoms. The van der Waals surface area contributed by atoms with Crippen molar-refractivity contribution in [1.29, 1.82) is 0 Å². The molecule has 0 atom stereocenters. The topological polar surface area (TPSA) is 50.4 Å². The van der Waals surface area contributed by atoms with Crippen molar-refractivity contribution in [2.75, 3.05) is 19.0 Å². The predicted molar refractivity (Wildman–Crippen MR) is 49.1 cm³/mol. The second kappa shape index (κ2) is 6.17. The van der Waals surface area contributed by atoms with Gasteiger partial charge in [0.25, 0.3) is 0 Å². The van der Waals surface area contributed by atoms with Crippen LogP contribution in [0, 0.1) is 0 Å². The van der Waals surface area contributed by atoms with Gasteiger partial charge in [0.2, 0.25) is 0 Å². The van der Waals surface area contributed by atoms with Crippen LogP contribution in [0.15, 0.2) is 0 Å². The average molecular weight is 208 g/mol. The molecule has 0 aliphatic carbocycles. The van der Waals surface area contributed by atoms with Gasteiger partial charge in [0, 0.05) is 0 Å². The minimum absolute atomic E-state index is 0.241. The highest BCUT2D eigenvalue weighted by Gasteiger charge is 2.12. The zero-order chi connectivity index (χ0) is 9.52. The summed E-state index contributed by atoms with van der Waals surface area (Å²) in [7, 11) is 0. The van der Waals surface area contributed by atoms with Crippen molar-refractivity contribution in [1.82, 2.24) is 10.0 Å². The van der Waals surface area contributed by atoms with Gasteiger partial charge in [0.15, 0.2) is 0 Å². The van der Waals surface area contributed by atoms with Gasteiger partial charge < -0.3 is 10.1 Å². The molecule has 0 unspecified atom stereocenters. The van der Waals surface area contributed by atoms with E-state index in [0.717, 1.165) is 37.9 Å². The largest absolute Gasteiger partial charge is 0.407 e. The molecule has 1 aliphatic heterocycles. The third-order valence-electron chi connectivity index (χ3n) is 1.80. The molecule has 1 heterocycles. The van der Waals surface area contributed by atoms with Crippen molar-refractivity contribution in [3.63, 3.8) is 0 Å². The Morgan fingerprint density at radius 1 is 1.62 bits per heavy atom. The first-order valence-corrected chi connectivity index (χ1v) is 5.17. The molecule has 0 saturated carbocycles. The number of nitrogens with one attached hydrogen (secondary N) is 2. The third-order valence-corrected chi connectivity index (χ3v) is 2.36. The normalized spacial score (nSPS) is 18.5. The first-order valence-electron chi connectivity index (χ1n) is 4.18. The molecule has 1 saturated heterocycles. The van der Waals surface area contributed by atoms with Crippen molar-refractivity contribution < 1.29 is 13.9 Å². The van der Waals surface area contributed by atoms with Gasteiger partial charge in [-0.1, -0.05) is 0 Å². The predicted octanol–water partition coefficient (Wildman–Crippen LogP) is 1.04. The van der Waals surface area contributed by atoms with E-state index in [1.54, 1.807) is 0 Å². The number of hydrogen-bond acceptors (Lipinski definition) is 4. The van der Waals surface area contributed by atoms with E-state index in [4.69, 9.17) is 4.74 Å². The number of halogens is 1. The van der Waals surface area contributed by atoms with E-state index in [0.29, 0.717) is 5.94 Å². The summed E-state index contributed by atoms with van der Waals surface area (Å²) < 4.78 is 19.0. The number of rotatable bonds is 4. The zero-order valence-electron chi connectivity index (χ0n) is 7.22. The maximum Gasteiger partial charge on any atom is 0.407 e. The molecular formula is C7H13FN2O2S. The lowest BCUT2D eigenvalue weighted by atomic mass is 10.1. The summed E-state index contributed by atoms with van der Waals surface area (Å²) in [5.41, 5.74) is 0. The Bertz CT molecular complexity index is 165. The molecule has 76 valence electrons. The average Bonchev–Trinajstić information content (AvgIpc) is 2.14. The third kappa shape index (κ3) is 5.07. The summed E-state index contributed by atoms with van der Waals surface area (Å²) in [6.45, 7) is 1.93. The maximum atomic E-state index is 11.6. The van der Waals surface area contributed by atoms with Crippen LogP contribution >= 0.6 is 11.9 Å².